The fourth-order valence-corrected chi connectivity index (χ4v) is 2.40. The smallest absolute Gasteiger partial charge is 0.364 e. The summed E-state index contributed by atoms with van der Waals surface area (Å²) in [6, 6.07) is 0. The van der Waals surface area contributed by atoms with Crippen LogP contribution in [-0.4, -0.2) is 23.8 Å². The molecular weight excluding hydrogens is 302 g/mol. The van der Waals surface area contributed by atoms with E-state index in [0.29, 0.717) is 17.0 Å². The molecule has 1 aromatic rings. The minimum Gasteiger partial charge on any atom is -0.483 e. The van der Waals surface area contributed by atoms with E-state index in [9.17, 15) is 4.79 Å². The highest BCUT2D eigenvalue weighted by atomic mass is 79.9. The van der Waals surface area contributed by atoms with E-state index in [0.717, 1.165) is 25.7 Å². The van der Waals surface area contributed by atoms with Gasteiger partial charge in [-0.05, 0) is 48.5 Å². The SMILES string of the molecule is CCOC(=O)c1noc(Br)c1OC1CCCCC1. The Labute approximate surface area is 114 Å². The number of esters is 1. The quantitative estimate of drug-likeness (QED) is 0.797. The molecule has 0 unspecified atom stereocenters. The van der Waals surface area contributed by atoms with Crippen molar-refractivity contribution in [2.45, 2.75) is 45.1 Å². The molecule has 1 saturated carbocycles. The molecule has 0 aromatic carbocycles. The summed E-state index contributed by atoms with van der Waals surface area (Å²) in [5, 5.41) is 3.68. The lowest BCUT2D eigenvalue weighted by atomic mass is 9.98. The van der Waals surface area contributed by atoms with E-state index in [1.807, 2.05) is 0 Å². The van der Waals surface area contributed by atoms with Crippen LogP contribution in [0.2, 0.25) is 0 Å². The van der Waals surface area contributed by atoms with Gasteiger partial charge in [0.05, 0.1) is 12.7 Å². The van der Waals surface area contributed by atoms with Crippen LogP contribution in [0.1, 0.15) is 49.5 Å². The van der Waals surface area contributed by atoms with Crippen molar-refractivity contribution < 1.29 is 18.8 Å². The summed E-state index contributed by atoms with van der Waals surface area (Å²) in [5.41, 5.74) is 0.106. The number of aromatic nitrogens is 1. The second-order valence-corrected chi connectivity index (χ2v) is 4.95. The third-order valence-corrected chi connectivity index (χ3v) is 3.42. The third kappa shape index (κ3) is 3.04. The second-order valence-electron chi connectivity index (χ2n) is 4.23. The maximum absolute atomic E-state index is 11.7. The van der Waals surface area contributed by atoms with Crippen LogP contribution in [-0.2, 0) is 4.74 Å². The predicted molar refractivity (Wildman–Crippen MR) is 67.7 cm³/mol. The summed E-state index contributed by atoms with van der Waals surface area (Å²) in [6.45, 7) is 2.04. The Bertz CT molecular complexity index is 412. The molecule has 1 heterocycles. The van der Waals surface area contributed by atoms with Crippen LogP contribution in [0.4, 0.5) is 0 Å². The van der Waals surface area contributed by atoms with Gasteiger partial charge in [-0.25, -0.2) is 4.79 Å². The van der Waals surface area contributed by atoms with Gasteiger partial charge in [0.2, 0.25) is 16.1 Å². The Morgan fingerprint density at radius 3 is 2.83 bits per heavy atom. The lowest BCUT2D eigenvalue weighted by Crippen LogP contribution is -2.21. The fourth-order valence-electron chi connectivity index (χ4n) is 2.04. The molecule has 0 N–H and O–H groups in total. The number of carbonyl (C=O) groups excluding carboxylic acids is 1. The van der Waals surface area contributed by atoms with E-state index in [4.69, 9.17) is 14.0 Å². The highest BCUT2D eigenvalue weighted by Gasteiger charge is 2.26. The van der Waals surface area contributed by atoms with Gasteiger partial charge in [0, 0.05) is 0 Å². The predicted octanol–water partition coefficient (Wildman–Crippen LogP) is 3.33. The van der Waals surface area contributed by atoms with Gasteiger partial charge in [0.1, 0.15) is 0 Å². The Morgan fingerprint density at radius 1 is 1.44 bits per heavy atom. The molecule has 0 aliphatic heterocycles. The summed E-state index contributed by atoms with van der Waals surface area (Å²) in [5.74, 6) is -0.155. The maximum Gasteiger partial charge on any atom is 0.364 e. The Kier molecular flexibility index (Phi) is 4.63. The molecule has 0 amide bonds. The van der Waals surface area contributed by atoms with Crippen LogP contribution in [0.5, 0.6) is 5.75 Å². The number of halogens is 1. The number of hydrogen-bond donors (Lipinski definition) is 0. The van der Waals surface area contributed by atoms with Gasteiger partial charge in [0.25, 0.3) is 0 Å². The van der Waals surface area contributed by atoms with Crippen molar-refractivity contribution >= 4 is 21.9 Å². The molecule has 0 atom stereocenters. The van der Waals surface area contributed by atoms with Gasteiger partial charge in [-0.1, -0.05) is 11.6 Å². The molecule has 1 fully saturated rings. The average molecular weight is 318 g/mol. The first-order valence-corrected chi connectivity index (χ1v) is 7.00. The van der Waals surface area contributed by atoms with Crippen molar-refractivity contribution in [2.75, 3.05) is 6.61 Å². The zero-order valence-electron chi connectivity index (χ0n) is 10.3. The number of nitrogens with zero attached hydrogens (tertiary/aromatic N) is 1. The van der Waals surface area contributed by atoms with Crippen LogP contribution >= 0.6 is 15.9 Å². The number of ether oxygens (including phenoxy) is 2. The standard InChI is InChI=1S/C12H16BrNO4/c1-2-16-12(15)9-10(11(13)18-14-9)17-8-6-4-3-5-7-8/h8H,2-7H2,1H3. The van der Waals surface area contributed by atoms with E-state index in [1.165, 1.54) is 6.42 Å². The van der Waals surface area contributed by atoms with E-state index in [-0.39, 0.29) is 11.8 Å². The zero-order chi connectivity index (χ0) is 13.0. The van der Waals surface area contributed by atoms with E-state index < -0.39 is 5.97 Å². The molecule has 0 spiro atoms. The largest absolute Gasteiger partial charge is 0.483 e. The minimum atomic E-state index is -0.516. The fraction of sp³-hybridized carbons (Fsp3) is 0.667. The van der Waals surface area contributed by atoms with Crippen molar-refractivity contribution in [1.29, 1.82) is 0 Å². The lowest BCUT2D eigenvalue weighted by molar-refractivity contribution is 0.0506. The van der Waals surface area contributed by atoms with Crippen molar-refractivity contribution in [3.05, 3.63) is 10.4 Å². The molecule has 0 bridgehead atoms. The van der Waals surface area contributed by atoms with Gasteiger partial charge in [0.15, 0.2) is 0 Å². The molecule has 6 heteroatoms. The summed E-state index contributed by atoms with van der Waals surface area (Å²) >= 11 is 3.20. The third-order valence-electron chi connectivity index (χ3n) is 2.92. The molecule has 5 nitrogen and oxygen atoms in total. The van der Waals surface area contributed by atoms with Crippen molar-refractivity contribution in [3.8, 4) is 5.75 Å². The highest BCUT2D eigenvalue weighted by Crippen LogP contribution is 2.33. The van der Waals surface area contributed by atoms with Gasteiger partial charge in [-0.3, -0.25) is 0 Å². The van der Waals surface area contributed by atoms with Crippen LogP contribution in [0.15, 0.2) is 9.19 Å². The van der Waals surface area contributed by atoms with Crippen LogP contribution < -0.4 is 4.74 Å². The van der Waals surface area contributed by atoms with Gasteiger partial charge in [-0.15, -0.1) is 0 Å². The maximum atomic E-state index is 11.7. The molecule has 100 valence electrons. The average Bonchev–Trinajstić information content (AvgIpc) is 2.73. The number of hydrogen-bond acceptors (Lipinski definition) is 5. The Balaban J connectivity index is 2.10. The van der Waals surface area contributed by atoms with E-state index >= 15 is 0 Å². The summed E-state index contributed by atoms with van der Waals surface area (Å²) in [7, 11) is 0. The van der Waals surface area contributed by atoms with Gasteiger partial charge in [-0.2, -0.15) is 0 Å². The van der Waals surface area contributed by atoms with Crippen molar-refractivity contribution in [2.24, 2.45) is 0 Å². The molecule has 1 aliphatic carbocycles. The summed E-state index contributed by atoms with van der Waals surface area (Å²) in [6.07, 6.45) is 5.68. The number of rotatable bonds is 4. The second kappa shape index (κ2) is 6.22. The van der Waals surface area contributed by atoms with E-state index in [2.05, 4.69) is 21.1 Å². The van der Waals surface area contributed by atoms with Gasteiger partial charge >= 0.3 is 5.97 Å². The lowest BCUT2D eigenvalue weighted by Gasteiger charge is -2.22. The van der Waals surface area contributed by atoms with Crippen molar-refractivity contribution in [3.63, 3.8) is 0 Å². The summed E-state index contributed by atoms with van der Waals surface area (Å²) in [4.78, 5) is 11.7. The topological polar surface area (TPSA) is 61.6 Å². The number of carbonyl (C=O) groups is 1. The van der Waals surface area contributed by atoms with Gasteiger partial charge < -0.3 is 14.0 Å². The zero-order valence-corrected chi connectivity index (χ0v) is 11.9. The van der Waals surface area contributed by atoms with E-state index in [1.54, 1.807) is 6.92 Å². The first-order valence-electron chi connectivity index (χ1n) is 6.21. The first kappa shape index (κ1) is 13.4. The van der Waals surface area contributed by atoms with Crippen molar-refractivity contribution in [1.82, 2.24) is 5.16 Å². The molecule has 1 aromatic heterocycles. The molecule has 2 rings (SSSR count). The van der Waals surface area contributed by atoms with Crippen LogP contribution in [0, 0.1) is 0 Å². The summed E-state index contributed by atoms with van der Waals surface area (Å²) < 4.78 is 16.0. The first-order chi connectivity index (χ1) is 8.72. The minimum absolute atomic E-state index is 0.106. The Hall–Kier alpha value is -1.04. The normalized spacial score (nSPS) is 16.6. The molecule has 0 saturated heterocycles. The van der Waals surface area contributed by atoms with Crippen LogP contribution in [0.3, 0.4) is 0 Å². The molecule has 1 aliphatic rings. The molecular formula is C12H16BrNO4. The molecule has 0 radical (unpaired) electrons. The molecule has 18 heavy (non-hydrogen) atoms. The highest BCUT2D eigenvalue weighted by molar-refractivity contribution is 9.10. The monoisotopic (exact) mass is 317 g/mol. The Morgan fingerprint density at radius 2 is 2.17 bits per heavy atom. The van der Waals surface area contributed by atoms with Crippen LogP contribution in [0.25, 0.3) is 0 Å².